The average molecular weight is 365 g/mol. The van der Waals surface area contributed by atoms with Gasteiger partial charge in [0.05, 0.1) is 6.04 Å². The Labute approximate surface area is 151 Å². The van der Waals surface area contributed by atoms with Crippen LogP contribution in [0.1, 0.15) is 45.7 Å². The molecule has 3 atom stereocenters. The second-order valence-electron chi connectivity index (χ2n) is 6.70. The minimum atomic E-state index is -0.854. The van der Waals surface area contributed by atoms with Crippen LogP contribution in [0, 0.1) is 0 Å². The van der Waals surface area contributed by atoms with Gasteiger partial charge in [-0.15, -0.1) is 0 Å². The molecule has 10 heteroatoms. The van der Waals surface area contributed by atoms with E-state index in [1.807, 2.05) is 20.8 Å². The van der Waals surface area contributed by atoms with E-state index >= 15 is 0 Å². The summed E-state index contributed by atoms with van der Waals surface area (Å²) in [6, 6.07) is -1.26. The van der Waals surface area contributed by atoms with E-state index < -0.39 is 17.4 Å². The Kier molecular flexibility index (Phi) is 5.73. The zero-order valence-electron chi connectivity index (χ0n) is 15.6. The van der Waals surface area contributed by atoms with Gasteiger partial charge in [-0.1, -0.05) is 5.57 Å². The minimum Gasteiger partial charge on any atom is -0.370 e. The van der Waals surface area contributed by atoms with Gasteiger partial charge in [-0.2, -0.15) is 0 Å². The van der Waals surface area contributed by atoms with Gasteiger partial charge in [-0.25, -0.2) is 23.5 Å². The van der Waals surface area contributed by atoms with E-state index in [1.165, 1.54) is 16.4 Å². The average Bonchev–Trinajstić information content (AvgIpc) is 2.79. The van der Waals surface area contributed by atoms with Crippen molar-refractivity contribution < 1.29 is 4.79 Å². The van der Waals surface area contributed by atoms with Crippen LogP contribution in [0.2, 0.25) is 0 Å². The van der Waals surface area contributed by atoms with Crippen molar-refractivity contribution in [3.8, 4) is 0 Å². The third-order valence-electron chi connectivity index (χ3n) is 4.65. The number of amides is 1. The molecule has 0 saturated carbocycles. The van der Waals surface area contributed by atoms with E-state index in [9.17, 15) is 14.4 Å². The summed E-state index contributed by atoms with van der Waals surface area (Å²) in [6.45, 7) is 6.02. The molecule has 0 aliphatic carbocycles. The standard InChI is InChI=1S/C16H27N7O3/c1-9-8-12(13(24)20-10(2)6-5-7-19-14(17)18)23-16(26)21(4)15(25)22(23)11(9)3/h8,10-12H,5-7H2,1-4H3,(H,20,24)(H4,17,18,19). The number of guanidine groups is 1. The second kappa shape index (κ2) is 7.63. The monoisotopic (exact) mass is 365 g/mol. The summed E-state index contributed by atoms with van der Waals surface area (Å²) in [4.78, 5) is 41.4. The number of rotatable bonds is 6. The van der Waals surface area contributed by atoms with E-state index in [-0.39, 0.29) is 24.0 Å². The van der Waals surface area contributed by atoms with E-state index in [0.717, 1.165) is 10.1 Å². The Hall–Kier alpha value is -2.78. The minimum absolute atomic E-state index is 0.0417. The number of nitrogens with one attached hydrogen (secondary N) is 1. The number of aromatic nitrogens is 3. The SMILES string of the molecule is CC1=CC(C(=O)NC(C)CCCN=C(N)N)n2c(=O)n(C)c(=O)n2C1C. The molecule has 0 spiro atoms. The fourth-order valence-electron chi connectivity index (χ4n) is 3.02. The van der Waals surface area contributed by atoms with Gasteiger partial charge in [-0.3, -0.25) is 9.79 Å². The summed E-state index contributed by atoms with van der Waals surface area (Å²) in [5.74, 6) is -0.285. The first-order valence-electron chi connectivity index (χ1n) is 8.59. The fraction of sp³-hybridized carbons (Fsp3) is 0.625. The number of fused-ring (bicyclic) bond motifs is 1. The zero-order chi connectivity index (χ0) is 19.6. The van der Waals surface area contributed by atoms with Gasteiger partial charge >= 0.3 is 11.4 Å². The summed E-state index contributed by atoms with van der Waals surface area (Å²) in [6.07, 6.45) is 3.13. The highest BCUT2D eigenvalue weighted by atomic mass is 16.2. The first kappa shape index (κ1) is 19.5. The van der Waals surface area contributed by atoms with Gasteiger partial charge in [-0.05, 0) is 39.7 Å². The van der Waals surface area contributed by atoms with E-state index in [4.69, 9.17) is 11.5 Å². The van der Waals surface area contributed by atoms with Crippen molar-refractivity contribution in [1.82, 2.24) is 19.2 Å². The quantitative estimate of drug-likeness (QED) is 0.256. The van der Waals surface area contributed by atoms with Crippen molar-refractivity contribution >= 4 is 11.9 Å². The summed E-state index contributed by atoms with van der Waals surface area (Å²) in [5, 5.41) is 2.89. The smallest absolute Gasteiger partial charge is 0.347 e. The third kappa shape index (κ3) is 3.73. The Balaban J connectivity index is 2.17. The molecule has 1 aliphatic heterocycles. The molecule has 0 fully saturated rings. The molecule has 26 heavy (non-hydrogen) atoms. The molecule has 10 nitrogen and oxygen atoms in total. The molecule has 0 bridgehead atoms. The zero-order valence-corrected chi connectivity index (χ0v) is 15.6. The maximum Gasteiger partial charge on any atom is 0.347 e. The highest BCUT2D eigenvalue weighted by Crippen LogP contribution is 2.24. The summed E-state index contributed by atoms with van der Waals surface area (Å²) in [7, 11) is 1.41. The molecule has 2 heterocycles. The number of hydrogen-bond acceptors (Lipinski definition) is 4. The lowest BCUT2D eigenvalue weighted by molar-refractivity contribution is -0.124. The first-order chi connectivity index (χ1) is 12.1. The molecule has 1 aliphatic rings. The number of carbonyl (C=O) groups excluding carboxylic acids is 1. The maximum atomic E-state index is 12.7. The first-order valence-corrected chi connectivity index (χ1v) is 8.59. The summed E-state index contributed by atoms with van der Waals surface area (Å²) < 4.78 is 3.58. The second-order valence-corrected chi connectivity index (χ2v) is 6.70. The lowest BCUT2D eigenvalue weighted by Crippen LogP contribution is -2.45. The van der Waals surface area contributed by atoms with Crippen molar-refractivity contribution in [3.63, 3.8) is 0 Å². The molecule has 5 N–H and O–H groups in total. The number of aliphatic imine (C=N–C) groups is 1. The van der Waals surface area contributed by atoms with Gasteiger partial charge in [0.15, 0.2) is 12.0 Å². The molecule has 1 aromatic rings. The van der Waals surface area contributed by atoms with Gasteiger partial charge in [0.25, 0.3) is 0 Å². The molecular weight excluding hydrogens is 338 g/mol. The van der Waals surface area contributed by atoms with Crippen LogP contribution in [0.15, 0.2) is 26.2 Å². The predicted molar refractivity (Wildman–Crippen MR) is 99.0 cm³/mol. The number of carbonyl (C=O) groups is 1. The van der Waals surface area contributed by atoms with Gasteiger partial charge < -0.3 is 16.8 Å². The molecule has 0 aromatic carbocycles. The van der Waals surface area contributed by atoms with Crippen LogP contribution in [0.5, 0.6) is 0 Å². The highest BCUT2D eigenvalue weighted by Gasteiger charge is 2.32. The van der Waals surface area contributed by atoms with E-state index in [2.05, 4.69) is 10.3 Å². The van der Waals surface area contributed by atoms with Gasteiger partial charge in [0.2, 0.25) is 5.91 Å². The van der Waals surface area contributed by atoms with Crippen LogP contribution in [0.25, 0.3) is 0 Å². The molecule has 2 rings (SSSR count). The third-order valence-corrected chi connectivity index (χ3v) is 4.65. The lowest BCUT2D eigenvalue weighted by Gasteiger charge is -2.28. The van der Waals surface area contributed by atoms with Crippen LogP contribution >= 0.6 is 0 Å². The van der Waals surface area contributed by atoms with Gasteiger partial charge in [0, 0.05) is 19.6 Å². The number of allylic oxidation sites excluding steroid dienone is 1. The van der Waals surface area contributed by atoms with Crippen LogP contribution in [0.4, 0.5) is 0 Å². The lowest BCUT2D eigenvalue weighted by atomic mass is 10.0. The van der Waals surface area contributed by atoms with Crippen LogP contribution < -0.4 is 28.2 Å². The Morgan fingerprint density at radius 3 is 2.54 bits per heavy atom. The highest BCUT2D eigenvalue weighted by molar-refractivity contribution is 5.82. The predicted octanol–water partition coefficient (Wildman–Crippen LogP) is -1.03. The molecule has 0 radical (unpaired) electrons. The van der Waals surface area contributed by atoms with Crippen molar-refractivity contribution in [3.05, 3.63) is 32.6 Å². The number of nitrogens with two attached hydrogens (primary N) is 2. The van der Waals surface area contributed by atoms with Crippen LogP contribution in [-0.2, 0) is 11.8 Å². The summed E-state index contributed by atoms with van der Waals surface area (Å²) in [5.41, 5.74) is 10.5. The number of nitrogens with zero attached hydrogens (tertiary/aromatic N) is 4. The van der Waals surface area contributed by atoms with E-state index in [0.29, 0.717) is 19.4 Å². The normalized spacial score (nSPS) is 20.1. The van der Waals surface area contributed by atoms with Crippen molar-refractivity contribution in [2.24, 2.45) is 23.5 Å². The van der Waals surface area contributed by atoms with Crippen LogP contribution in [-0.4, -0.2) is 38.4 Å². The topological polar surface area (TPSA) is 142 Å². The van der Waals surface area contributed by atoms with Crippen molar-refractivity contribution in [2.75, 3.05) is 6.54 Å². The Morgan fingerprint density at radius 2 is 1.92 bits per heavy atom. The van der Waals surface area contributed by atoms with Crippen molar-refractivity contribution in [2.45, 2.75) is 51.7 Å². The maximum absolute atomic E-state index is 12.7. The molecule has 144 valence electrons. The Morgan fingerprint density at radius 1 is 1.31 bits per heavy atom. The molecule has 1 aromatic heterocycles. The molecule has 3 unspecified atom stereocenters. The fourth-order valence-corrected chi connectivity index (χ4v) is 3.02. The van der Waals surface area contributed by atoms with Gasteiger partial charge in [0.1, 0.15) is 0 Å². The number of hydrogen-bond donors (Lipinski definition) is 3. The van der Waals surface area contributed by atoms with E-state index in [1.54, 1.807) is 6.08 Å². The Bertz CT molecular complexity index is 854. The summed E-state index contributed by atoms with van der Waals surface area (Å²) >= 11 is 0. The molecule has 1 amide bonds. The molecular formula is C16H27N7O3. The van der Waals surface area contributed by atoms with Crippen molar-refractivity contribution in [1.29, 1.82) is 0 Å². The van der Waals surface area contributed by atoms with Crippen LogP contribution in [0.3, 0.4) is 0 Å². The largest absolute Gasteiger partial charge is 0.370 e. The molecule has 0 saturated heterocycles.